The van der Waals surface area contributed by atoms with Crippen LogP contribution in [0.25, 0.3) is 0 Å². The van der Waals surface area contributed by atoms with E-state index in [-0.39, 0.29) is 30.8 Å². The second kappa shape index (κ2) is 8.10. The van der Waals surface area contributed by atoms with Crippen LogP contribution in [0.15, 0.2) is 12.4 Å². The fourth-order valence-corrected chi connectivity index (χ4v) is 4.71. The Labute approximate surface area is 170 Å². The fourth-order valence-electron chi connectivity index (χ4n) is 4.71. The van der Waals surface area contributed by atoms with Gasteiger partial charge in [-0.2, -0.15) is 13.2 Å². The van der Waals surface area contributed by atoms with Gasteiger partial charge in [0.15, 0.2) is 11.5 Å². The third-order valence-corrected chi connectivity index (χ3v) is 6.26. The van der Waals surface area contributed by atoms with Crippen LogP contribution in [0.4, 0.5) is 19.0 Å². The van der Waals surface area contributed by atoms with Crippen LogP contribution >= 0.6 is 0 Å². The van der Waals surface area contributed by atoms with E-state index in [0.717, 1.165) is 25.5 Å². The molecule has 1 aromatic heterocycles. The van der Waals surface area contributed by atoms with Gasteiger partial charge in [-0.15, -0.1) is 0 Å². The largest absolute Gasteiger partial charge is 0.434 e. The Hall–Kier alpha value is -2.27. The first-order chi connectivity index (χ1) is 14.2. The normalized spacial score (nSPS) is 33.5. The van der Waals surface area contributed by atoms with Crippen LogP contribution in [0.3, 0.4) is 0 Å². The summed E-state index contributed by atoms with van der Waals surface area (Å²) < 4.78 is 43.7. The Kier molecular flexibility index (Phi) is 5.67. The van der Waals surface area contributed by atoms with E-state index in [2.05, 4.69) is 20.6 Å². The van der Waals surface area contributed by atoms with Gasteiger partial charge in [-0.05, 0) is 31.1 Å². The Balaban J connectivity index is 1.30. The first-order valence-electron chi connectivity index (χ1n) is 9.99. The zero-order chi connectivity index (χ0) is 21.5. The van der Waals surface area contributed by atoms with E-state index >= 15 is 0 Å². The SMILES string of the molecule is O=C(NC[C@H]1OC[C@H](Nc2cncc(C(F)(F)F)n2)[C@@H](O)C1=O)C1CC2CCC1C2. The number of hydrogen-bond donors (Lipinski definition) is 3. The van der Waals surface area contributed by atoms with Gasteiger partial charge in [0, 0.05) is 5.92 Å². The van der Waals surface area contributed by atoms with E-state index in [1.54, 1.807) is 0 Å². The van der Waals surface area contributed by atoms with Gasteiger partial charge in [-0.25, -0.2) is 4.98 Å². The van der Waals surface area contributed by atoms with Gasteiger partial charge < -0.3 is 20.5 Å². The van der Waals surface area contributed by atoms with Crippen LogP contribution < -0.4 is 10.6 Å². The molecule has 11 heteroatoms. The number of ether oxygens (including phenoxy) is 1. The zero-order valence-corrected chi connectivity index (χ0v) is 16.1. The molecular weight excluding hydrogens is 405 g/mol. The lowest BCUT2D eigenvalue weighted by Gasteiger charge is -2.33. The molecule has 4 rings (SSSR count). The van der Waals surface area contributed by atoms with Gasteiger partial charge in [-0.3, -0.25) is 14.6 Å². The fraction of sp³-hybridized carbons (Fsp3) is 0.684. The van der Waals surface area contributed by atoms with Crippen LogP contribution in [0.5, 0.6) is 0 Å². The molecule has 2 saturated carbocycles. The van der Waals surface area contributed by atoms with Crippen molar-refractivity contribution in [1.29, 1.82) is 0 Å². The van der Waals surface area contributed by atoms with Crippen molar-refractivity contribution in [2.45, 2.75) is 50.1 Å². The monoisotopic (exact) mass is 428 g/mol. The molecule has 3 unspecified atom stereocenters. The number of aliphatic hydroxyl groups excluding tert-OH is 1. The first kappa shape index (κ1) is 21.0. The second-order valence-electron chi connectivity index (χ2n) is 8.23. The van der Waals surface area contributed by atoms with E-state index in [1.807, 2.05) is 0 Å². The lowest BCUT2D eigenvalue weighted by Crippen LogP contribution is -2.56. The van der Waals surface area contributed by atoms with Crippen molar-refractivity contribution >= 4 is 17.5 Å². The molecule has 164 valence electrons. The van der Waals surface area contributed by atoms with E-state index in [9.17, 15) is 27.9 Å². The summed E-state index contributed by atoms with van der Waals surface area (Å²) in [5.41, 5.74) is -1.19. The second-order valence-corrected chi connectivity index (χ2v) is 8.23. The first-order valence-corrected chi connectivity index (χ1v) is 9.99. The van der Waals surface area contributed by atoms with Gasteiger partial charge in [0.1, 0.15) is 18.0 Å². The molecular formula is C19H23F3N4O4. The van der Waals surface area contributed by atoms with Gasteiger partial charge >= 0.3 is 6.18 Å². The number of nitrogens with one attached hydrogen (secondary N) is 2. The van der Waals surface area contributed by atoms with Crippen molar-refractivity contribution < 1.29 is 32.6 Å². The van der Waals surface area contributed by atoms with Crippen molar-refractivity contribution in [2.75, 3.05) is 18.5 Å². The van der Waals surface area contributed by atoms with Crippen molar-refractivity contribution in [3.63, 3.8) is 0 Å². The Morgan fingerprint density at radius 3 is 2.73 bits per heavy atom. The third kappa shape index (κ3) is 4.27. The smallest absolute Gasteiger partial charge is 0.383 e. The number of alkyl halides is 3. The molecule has 1 aliphatic heterocycles. The summed E-state index contributed by atoms with van der Waals surface area (Å²) in [4.78, 5) is 31.7. The van der Waals surface area contributed by atoms with Crippen molar-refractivity contribution in [3.05, 3.63) is 18.1 Å². The van der Waals surface area contributed by atoms with Crippen LogP contribution in [0, 0.1) is 17.8 Å². The molecule has 3 fully saturated rings. The van der Waals surface area contributed by atoms with Gasteiger partial charge in [0.05, 0.1) is 31.6 Å². The molecule has 3 N–H and O–H groups in total. The maximum absolute atomic E-state index is 12.8. The number of Topliss-reactive ketones (excluding diaryl/α,β-unsaturated/α-hetero) is 1. The van der Waals surface area contributed by atoms with E-state index < -0.39 is 35.9 Å². The molecule has 30 heavy (non-hydrogen) atoms. The number of carbonyl (C=O) groups excluding carboxylic acids is 2. The molecule has 1 saturated heterocycles. The number of ketones is 1. The van der Waals surface area contributed by atoms with Gasteiger partial charge in [0.2, 0.25) is 5.91 Å². The Morgan fingerprint density at radius 2 is 2.07 bits per heavy atom. The minimum atomic E-state index is -4.66. The van der Waals surface area contributed by atoms with E-state index in [1.165, 1.54) is 6.42 Å². The summed E-state index contributed by atoms with van der Waals surface area (Å²) in [7, 11) is 0. The topological polar surface area (TPSA) is 113 Å². The molecule has 1 aromatic rings. The molecule has 2 bridgehead atoms. The van der Waals surface area contributed by atoms with E-state index in [4.69, 9.17) is 4.74 Å². The third-order valence-electron chi connectivity index (χ3n) is 6.26. The summed E-state index contributed by atoms with van der Waals surface area (Å²) in [5, 5.41) is 15.6. The molecule has 2 aliphatic carbocycles. The number of aromatic nitrogens is 2. The molecule has 0 radical (unpaired) electrons. The van der Waals surface area contributed by atoms with Gasteiger partial charge in [0.25, 0.3) is 0 Å². The summed E-state index contributed by atoms with van der Waals surface area (Å²) in [5.74, 6) is 0.0331. The number of hydrogen-bond acceptors (Lipinski definition) is 7. The van der Waals surface area contributed by atoms with Crippen molar-refractivity contribution in [3.8, 4) is 0 Å². The number of nitrogens with zero attached hydrogens (tertiary/aromatic N) is 2. The number of carbonyl (C=O) groups is 2. The summed E-state index contributed by atoms with van der Waals surface area (Å²) in [6.07, 6.45) is -1.34. The lowest BCUT2D eigenvalue weighted by atomic mass is 9.88. The highest BCUT2D eigenvalue weighted by atomic mass is 19.4. The zero-order valence-electron chi connectivity index (χ0n) is 16.1. The van der Waals surface area contributed by atoms with Crippen molar-refractivity contribution in [1.82, 2.24) is 15.3 Å². The van der Waals surface area contributed by atoms with Crippen LogP contribution in [-0.2, 0) is 20.5 Å². The van der Waals surface area contributed by atoms with Gasteiger partial charge in [-0.1, -0.05) is 6.42 Å². The highest BCUT2D eigenvalue weighted by molar-refractivity contribution is 5.90. The molecule has 0 aromatic carbocycles. The number of halogens is 3. The number of amides is 1. The standard InChI is InChI=1S/C19H23F3N4O4/c20-19(21,22)14-6-23-7-15(26-14)25-12-8-30-13(17(28)16(12)27)5-24-18(29)11-4-9-1-2-10(11)3-9/h6-7,9-13,16,27H,1-5,8H2,(H,24,29)(H,25,26)/t9?,10?,11?,12-,13+,16+/m0/s1. The predicted molar refractivity (Wildman–Crippen MR) is 97.1 cm³/mol. The highest BCUT2D eigenvalue weighted by Gasteiger charge is 2.44. The number of aliphatic hydroxyl groups is 1. The van der Waals surface area contributed by atoms with Crippen LogP contribution in [-0.4, -0.2) is 58.2 Å². The minimum absolute atomic E-state index is 0.0266. The van der Waals surface area contributed by atoms with E-state index in [0.29, 0.717) is 18.0 Å². The molecule has 0 spiro atoms. The average Bonchev–Trinajstić information content (AvgIpc) is 3.34. The Morgan fingerprint density at radius 1 is 1.27 bits per heavy atom. The quantitative estimate of drug-likeness (QED) is 0.645. The number of fused-ring (bicyclic) bond motifs is 2. The molecule has 2 heterocycles. The molecule has 8 nitrogen and oxygen atoms in total. The maximum Gasteiger partial charge on any atom is 0.434 e. The number of rotatable bonds is 5. The Bertz CT molecular complexity index is 821. The molecule has 1 amide bonds. The average molecular weight is 428 g/mol. The summed E-state index contributed by atoms with van der Waals surface area (Å²) in [6.45, 7) is -0.182. The van der Waals surface area contributed by atoms with Crippen LogP contribution in [0.2, 0.25) is 0 Å². The summed E-state index contributed by atoms with van der Waals surface area (Å²) in [6, 6.07) is -0.979. The lowest BCUT2D eigenvalue weighted by molar-refractivity contribution is -0.149. The summed E-state index contributed by atoms with van der Waals surface area (Å²) >= 11 is 0. The predicted octanol–water partition coefficient (Wildman–Crippen LogP) is 1.16. The number of anilines is 1. The minimum Gasteiger partial charge on any atom is -0.383 e. The highest BCUT2D eigenvalue weighted by Crippen LogP contribution is 2.48. The van der Waals surface area contributed by atoms with Crippen LogP contribution in [0.1, 0.15) is 31.4 Å². The molecule has 6 atom stereocenters. The van der Waals surface area contributed by atoms with Crippen molar-refractivity contribution in [2.24, 2.45) is 17.8 Å². The maximum atomic E-state index is 12.8. The molecule has 3 aliphatic rings.